The van der Waals surface area contributed by atoms with Crippen LogP contribution in [0.25, 0.3) is 0 Å². The maximum absolute atomic E-state index is 14.2. The van der Waals surface area contributed by atoms with Crippen molar-refractivity contribution in [3.8, 4) is 0 Å². The molecule has 10 heteroatoms. The van der Waals surface area contributed by atoms with E-state index < -0.39 is 23.1 Å². The van der Waals surface area contributed by atoms with E-state index in [1.807, 2.05) is 0 Å². The fraction of sp³-hybridized carbons (Fsp3) is 0.600. The number of morpholine rings is 1. The number of rotatable bonds is 1. The number of amides is 3. The normalized spacial score (nSPS) is 24.9. The third kappa shape index (κ3) is 3.12. The van der Waals surface area contributed by atoms with Crippen LogP contribution in [0.15, 0.2) is 18.2 Å². The molecule has 3 amide bonds. The summed E-state index contributed by atoms with van der Waals surface area (Å²) in [6.07, 6.45) is -3.24. The Bertz CT molecular complexity index is 899. The van der Waals surface area contributed by atoms with Crippen molar-refractivity contribution in [1.82, 2.24) is 15.1 Å². The van der Waals surface area contributed by atoms with Gasteiger partial charge in [-0.05, 0) is 36.5 Å². The summed E-state index contributed by atoms with van der Waals surface area (Å²) in [6, 6.07) is 2.63. The topological polar surface area (TPSA) is 61.9 Å². The fourth-order valence-electron chi connectivity index (χ4n) is 5.29. The zero-order chi connectivity index (χ0) is 21.3. The Labute approximate surface area is 170 Å². The van der Waals surface area contributed by atoms with Crippen molar-refractivity contribution in [2.24, 2.45) is 5.41 Å². The Morgan fingerprint density at radius 1 is 1.13 bits per heavy atom. The zero-order valence-corrected chi connectivity index (χ0v) is 16.1. The van der Waals surface area contributed by atoms with E-state index in [-0.39, 0.29) is 29.9 Å². The molecule has 6 nitrogen and oxygen atoms in total. The molecule has 1 aromatic carbocycles. The summed E-state index contributed by atoms with van der Waals surface area (Å²) < 4.78 is 57.5. The highest BCUT2D eigenvalue weighted by atomic mass is 19.4. The Morgan fingerprint density at radius 3 is 2.40 bits per heavy atom. The number of carbonyl (C=O) groups excluding carboxylic acids is 2. The Morgan fingerprint density at radius 2 is 1.80 bits per heavy atom. The van der Waals surface area contributed by atoms with Gasteiger partial charge in [-0.25, -0.2) is 9.18 Å². The van der Waals surface area contributed by atoms with Crippen LogP contribution in [0.1, 0.15) is 29.9 Å². The SMILES string of the molecule is O=C1COCC2(CN(C(=O)N3CC4(CC(c5ccc(C(F)(F)F)cc5F)C4)C3)C2)N1. The predicted molar refractivity (Wildman–Crippen MR) is 96.0 cm³/mol. The van der Waals surface area contributed by atoms with E-state index in [4.69, 9.17) is 4.74 Å². The lowest BCUT2D eigenvalue weighted by molar-refractivity contribution is -0.142. The third-order valence-corrected chi connectivity index (χ3v) is 6.72. The molecule has 1 aliphatic carbocycles. The van der Waals surface area contributed by atoms with Crippen LogP contribution in [0.4, 0.5) is 22.4 Å². The summed E-state index contributed by atoms with van der Waals surface area (Å²) in [6.45, 7) is 2.41. The minimum absolute atomic E-state index is 0.0467. The average Bonchev–Trinajstić information content (AvgIpc) is 2.57. The van der Waals surface area contributed by atoms with E-state index >= 15 is 0 Å². The van der Waals surface area contributed by atoms with Crippen LogP contribution in [0.5, 0.6) is 0 Å². The first-order valence-corrected chi connectivity index (χ1v) is 9.88. The maximum atomic E-state index is 14.2. The summed E-state index contributed by atoms with van der Waals surface area (Å²) in [5.41, 5.74) is -1.21. The van der Waals surface area contributed by atoms with Gasteiger partial charge < -0.3 is 19.9 Å². The van der Waals surface area contributed by atoms with Crippen molar-refractivity contribution < 1.29 is 31.9 Å². The molecule has 4 aliphatic rings. The number of ether oxygens (including phenoxy) is 1. The summed E-state index contributed by atoms with van der Waals surface area (Å²) in [5, 5.41) is 2.89. The van der Waals surface area contributed by atoms with Crippen LogP contribution in [0, 0.1) is 11.2 Å². The van der Waals surface area contributed by atoms with Gasteiger partial charge in [0.15, 0.2) is 0 Å². The number of likely N-dealkylation sites (tertiary alicyclic amines) is 2. The van der Waals surface area contributed by atoms with Crippen molar-refractivity contribution in [3.05, 3.63) is 35.1 Å². The lowest BCUT2D eigenvalue weighted by Gasteiger charge is -2.61. The van der Waals surface area contributed by atoms with Gasteiger partial charge >= 0.3 is 12.2 Å². The van der Waals surface area contributed by atoms with Crippen LogP contribution < -0.4 is 5.32 Å². The highest BCUT2D eigenvalue weighted by molar-refractivity contribution is 5.81. The minimum atomic E-state index is -4.56. The maximum Gasteiger partial charge on any atom is 0.416 e. The summed E-state index contributed by atoms with van der Waals surface area (Å²) >= 11 is 0. The molecule has 2 spiro atoms. The molecule has 30 heavy (non-hydrogen) atoms. The van der Waals surface area contributed by atoms with Gasteiger partial charge in [0, 0.05) is 31.6 Å². The standard InChI is InChI=1S/C20H21F4N3O3/c21-15-3-13(20(22,23)24)1-2-14(15)12-4-18(5-12)7-26(8-18)17(29)27-9-19(10-27)11-30-6-16(28)25-19/h1-3,12H,4-11H2,(H,25,28). The molecule has 5 rings (SSSR count). The second-order valence-electron chi connectivity index (χ2n) is 9.16. The molecule has 1 saturated carbocycles. The quantitative estimate of drug-likeness (QED) is 0.700. The van der Waals surface area contributed by atoms with Gasteiger partial charge in [-0.2, -0.15) is 13.2 Å². The Balaban J connectivity index is 1.13. The van der Waals surface area contributed by atoms with Crippen molar-refractivity contribution in [2.75, 3.05) is 39.4 Å². The largest absolute Gasteiger partial charge is 0.416 e. The molecule has 1 aromatic rings. The van der Waals surface area contributed by atoms with E-state index in [2.05, 4.69) is 5.32 Å². The lowest BCUT2D eigenvalue weighted by atomic mass is 9.56. The van der Waals surface area contributed by atoms with Gasteiger partial charge in [0.1, 0.15) is 12.4 Å². The highest BCUT2D eigenvalue weighted by Crippen LogP contribution is 2.56. The Kier molecular flexibility index (Phi) is 4.13. The number of nitrogens with zero attached hydrogens (tertiary/aromatic N) is 2. The molecule has 3 saturated heterocycles. The molecule has 0 unspecified atom stereocenters. The first kappa shape index (κ1) is 19.6. The van der Waals surface area contributed by atoms with Crippen molar-refractivity contribution in [2.45, 2.75) is 30.5 Å². The number of carbonyl (C=O) groups is 2. The van der Waals surface area contributed by atoms with Crippen molar-refractivity contribution in [3.63, 3.8) is 0 Å². The van der Waals surface area contributed by atoms with E-state index in [9.17, 15) is 27.2 Å². The van der Waals surface area contributed by atoms with Gasteiger partial charge in [-0.3, -0.25) is 4.79 Å². The fourth-order valence-corrected chi connectivity index (χ4v) is 5.29. The van der Waals surface area contributed by atoms with Gasteiger partial charge in [-0.15, -0.1) is 0 Å². The van der Waals surface area contributed by atoms with E-state index in [1.54, 1.807) is 9.80 Å². The molecule has 3 heterocycles. The molecular weight excluding hydrogens is 406 g/mol. The summed E-state index contributed by atoms with van der Waals surface area (Å²) in [5.74, 6) is -1.11. The van der Waals surface area contributed by atoms with Crippen LogP contribution in [0.2, 0.25) is 0 Å². The average molecular weight is 427 g/mol. The van der Waals surface area contributed by atoms with Crippen LogP contribution in [-0.4, -0.2) is 66.7 Å². The lowest BCUT2D eigenvalue weighted by Crippen LogP contribution is -2.78. The number of hydrogen-bond donors (Lipinski definition) is 1. The monoisotopic (exact) mass is 427 g/mol. The van der Waals surface area contributed by atoms with Gasteiger partial charge in [0.05, 0.1) is 17.7 Å². The molecule has 0 radical (unpaired) electrons. The van der Waals surface area contributed by atoms with Crippen LogP contribution in [0.3, 0.4) is 0 Å². The highest BCUT2D eigenvalue weighted by Gasteiger charge is 2.57. The molecular formula is C20H21F4N3O3. The second-order valence-corrected chi connectivity index (χ2v) is 9.16. The molecule has 1 N–H and O–H groups in total. The zero-order valence-electron chi connectivity index (χ0n) is 16.1. The number of hydrogen-bond acceptors (Lipinski definition) is 3. The molecule has 0 bridgehead atoms. The molecule has 3 aliphatic heterocycles. The molecule has 0 aromatic heterocycles. The summed E-state index contributed by atoms with van der Waals surface area (Å²) in [7, 11) is 0. The van der Waals surface area contributed by atoms with Crippen molar-refractivity contribution >= 4 is 11.9 Å². The minimum Gasteiger partial charge on any atom is -0.369 e. The predicted octanol–water partition coefficient (Wildman–Crippen LogP) is 2.34. The van der Waals surface area contributed by atoms with Gasteiger partial charge in [0.2, 0.25) is 5.91 Å². The number of benzene rings is 1. The van der Waals surface area contributed by atoms with Gasteiger partial charge in [-0.1, -0.05) is 6.07 Å². The molecule has 0 atom stereocenters. The second kappa shape index (κ2) is 6.32. The van der Waals surface area contributed by atoms with Crippen LogP contribution >= 0.6 is 0 Å². The molecule has 4 fully saturated rings. The van der Waals surface area contributed by atoms with Crippen molar-refractivity contribution in [1.29, 1.82) is 0 Å². The van der Waals surface area contributed by atoms with Crippen LogP contribution in [-0.2, 0) is 15.7 Å². The first-order valence-electron chi connectivity index (χ1n) is 9.88. The van der Waals surface area contributed by atoms with E-state index in [1.165, 1.54) is 6.07 Å². The number of nitrogens with one attached hydrogen (secondary N) is 1. The first-order chi connectivity index (χ1) is 14.1. The number of halogens is 4. The summed E-state index contributed by atoms with van der Waals surface area (Å²) in [4.78, 5) is 27.5. The Hall–Kier alpha value is -2.36. The van der Waals surface area contributed by atoms with Gasteiger partial charge in [0.25, 0.3) is 0 Å². The van der Waals surface area contributed by atoms with E-state index in [0.717, 1.165) is 6.07 Å². The van der Waals surface area contributed by atoms with E-state index in [0.29, 0.717) is 57.3 Å². The smallest absolute Gasteiger partial charge is 0.369 e. The number of alkyl halides is 3. The molecule has 162 valence electrons. The number of urea groups is 1. The third-order valence-electron chi connectivity index (χ3n) is 6.72.